The van der Waals surface area contributed by atoms with Gasteiger partial charge in [0, 0.05) is 58.2 Å². The SMILES string of the molecule is CCOc1ccccc1NC(=O)NC[C@H](c1ccc(N(C)C)cc1)N1CCN(c2ccccc2)CC1. The first kappa shape index (κ1) is 25.4. The molecule has 3 aromatic rings. The van der Waals surface area contributed by atoms with Crippen molar-refractivity contribution in [3.8, 4) is 5.75 Å². The molecule has 1 saturated heterocycles. The summed E-state index contributed by atoms with van der Waals surface area (Å²) in [7, 11) is 4.09. The third-order valence-electron chi connectivity index (χ3n) is 6.56. The van der Waals surface area contributed by atoms with E-state index in [1.54, 1.807) is 0 Å². The van der Waals surface area contributed by atoms with Crippen molar-refractivity contribution >= 4 is 23.1 Å². The Morgan fingerprint density at radius 3 is 2.25 bits per heavy atom. The van der Waals surface area contributed by atoms with Crippen LogP contribution in [0, 0.1) is 0 Å². The maximum atomic E-state index is 12.9. The Kier molecular flexibility index (Phi) is 8.68. The molecular formula is C29H37N5O2. The van der Waals surface area contributed by atoms with Gasteiger partial charge in [-0.15, -0.1) is 0 Å². The first-order valence-electron chi connectivity index (χ1n) is 12.6. The van der Waals surface area contributed by atoms with Crippen LogP contribution >= 0.6 is 0 Å². The van der Waals surface area contributed by atoms with E-state index in [9.17, 15) is 4.79 Å². The summed E-state index contributed by atoms with van der Waals surface area (Å²) >= 11 is 0. The number of nitrogens with one attached hydrogen (secondary N) is 2. The highest BCUT2D eigenvalue weighted by molar-refractivity contribution is 5.90. The molecule has 0 aliphatic carbocycles. The number of para-hydroxylation sites is 3. The van der Waals surface area contributed by atoms with Crippen molar-refractivity contribution in [2.75, 3.05) is 68.5 Å². The number of benzene rings is 3. The van der Waals surface area contributed by atoms with Crippen LogP contribution in [0.2, 0.25) is 0 Å². The molecule has 1 atom stereocenters. The summed E-state index contributed by atoms with van der Waals surface area (Å²) in [4.78, 5) is 19.8. The fourth-order valence-electron chi connectivity index (χ4n) is 4.59. The van der Waals surface area contributed by atoms with Crippen LogP contribution < -0.4 is 25.2 Å². The van der Waals surface area contributed by atoms with Crippen molar-refractivity contribution in [1.29, 1.82) is 0 Å². The largest absolute Gasteiger partial charge is 0.492 e. The zero-order chi connectivity index (χ0) is 25.3. The van der Waals surface area contributed by atoms with Crippen molar-refractivity contribution in [2.24, 2.45) is 0 Å². The molecule has 0 aromatic heterocycles. The third kappa shape index (κ3) is 6.49. The van der Waals surface area contributed by atoms with Gasteiger partial charge in [0.05, 0.1) is 18.3 Å². The Hall–Kier alpha value is -3.71. The lowest BCUT2D eigenvalue weighted by atomic mass is 10.0. The van der Waals surface area contributed by atoms with Crippen LogP contribution in [0.25, 0.3) is 0 Å². The molecule has 1 heterocycles. The maximum Gasteiger partial charge on any atom is 0.319 e. The first-order valence-corrected chi connectivity index (χ1v) is 12.6. The summed E-state index contributed by atoms with van der Waals surface area (Å²) in [5.74, 6) is 0.669. The first-order chi connectivity index (χ1) is 17.5. The lowest BCUT2D eigenvalue weighted by Gasteiger charge is -2.40. The lowest BCUT2D eigenvalue weighted by Crippen LogP contribution is -2.50. The molecule has 0 radical (unpaired) electrons. The molecule has 0 bridgehead atoms. The van der Waals surface area contributed by atoms with Crippen molar-refractivity contribution in [2.45, 2.75) is 13.0 Å². The monoisotopic (exact) mass is 487 g/mol. The van der Waals surface area contributed by atoms with E-state index >= 15 is 0 Å². The number of ether oxygens (including phenoxy) is 1. The Labute approximate surface area is 214 Å². The van der Waals surface area contributed by atoms with E-state index < -0.39 is 0 Å². The molecule has 7 nitrogen and oxygen atoms in total. The van der Waals surface area contributed by atoms with Crippen LogP contribution in [0.15, 0.2) is 78.9 Å². The summed E-state index contributed by atoms with van der Waals surface area (Å²) in [6, 6.07) is 26.5. The molecule has 7 heteroatoms. The highest BCUT2D eigenvalue weighted by Gasteiger charge is 2.26. The van der Waals surface area contributed by atoms with Gasteiger partial charge in [-0.2, -0.15) is 0 Å². The second kappa shape index (κ2) is 12.3. The molecule has 2 N–H and O–H groups in total. The molecular weight excluding hydrogens is 450 g/mol. The smallest absolute Gasteiger partial charge is 0.319 e. The fraction of sp³-hybridized carbons (Fsp3) is 0.345. The van der Waals surface area contributed by atoms with Crippen LogP contribution in [0.4, 0.5) is 21.9 Å². The minimum atomic E-state index is -0.236. The Balaban J connectivity index is 1.44. The summed E-state index contributed by atoms with van der Waals surface area (Å²) in [6.45, 7) is 6.72. The summed E-state index contributed by atoms with van der Waals surface area (Å²) in [6.07, 6.45) is 0. The van der Waals surface area contributed by atoms with E-state index in [-0.39, 0.29) is 12.1 Å². The minimum absolute atomic E-state index is 0.0759. The van der Waals surface area contributed by atoms with E-state index in [4.69, 9.17) is 4.74 Å². The van der Waals surface area contributed by atoms with Gasteiger partial charge in [0.25, 0.3) is 0 Å². The molecule has 2 amide bonds. The van der Waals surface area contributed by atoms with E-state index in [1.807, 2.05) is 45.3 Å². The lowest BCUT2D eigenvalue weighted by molar-refractivity contribution is 0.182. The second-order valence-corrected chi connectivity index (χ2v) is 9.12. The van der Waals surface area contributed by atoms with Gasteiger partial charge in [0.2, 0.25) is 0 Å². The number of amides is 2. The summed E-state index contributed by atoms with van der Waals surface area (Å²) < 4.78 is 5.65. The number of hydrogen-bond donors (Lipinski definition) is 2. The molecule has 0 unspecified atom stereocenters. The zero-order valence-corrected chi connectivity index (χ0v) is 21.5. The molecule has 4 rings (SSSR count). The minimum Gasteiger partial charge on any atom is -0.492 e. The van der Waals surface area contributed by atoms with Gasteiger partial charge >= 0.3 is 6.03 Å². The number of carbonyl (C=O) groups is 1. The van der Waals surface area contributed by atoms with Gasteiger partial charge in [-0.3, -0.25) is 4.90 Å². The number of nitrogens with zero attached hydrogens (tertiary/aromatic N) is 3. The van der Waals surface area contributed by atoms with Crippen LogP contribution in [0.5, 0.6) is 5.75 Å². The molecule has 1 aliphatic heterocycles. The molecule has 3 aromatic carbocycles. The highest BCUT2D eigenvalue weighted by atomic mass is 16.5. The third-order valence-corrected chi connectivity index (χ3v) is 6.56. The number of rotatable bonds is 9. The van der Waals surface area contributed by atoms with Gasteiger partial charge < -0.3 is 25.2 Å². The summed E-state index contributed by atoms with van der Waals surface area (Å²) in [5, 5.41) is 6.05. The van der Waals surface area contributed by atoms with E-state index in [0.717, 1.165) is 31.9 Å². The number of urea groups is 1. The van der Waals surface area contributed by atoms with Gasteiger partial charge in [-0.1, -0.05) is 42.5 Å². The van der Waals surface area contributed by atoms with Gasteiger partial charge in [-0.25, -0.2) is 4.79 Å². The van der Waals surface area contributed by atoms with E-state index in [0.29, 0.717) is 24.6 Å². The van der Waals surface area contributed by atoms with Crippen molar-refractivity contribution in [3.05, 3.63) is 84.4 Å². The van der Waals surface area contributed by atoms with Crippen LogP contribution in [-0.4, -0.2) is 64.4 Å². The molecule has 1 fully saturated rings. The predicted molar refractivity (Wildman–Crippen MR) is 148 cm³/mol. The fourth-order valence-corrected chi connectivity index (χ4v) is 4.59. The van der Waals surface area contributed by atoms with E-state index in [2.05, 4.69) is 79.9 Å². The standard InChI is InChI=1S/C29H37N5O2/c1-4-36-28-13-9-8-12-26(28)31-29(35)30-22-27(23-14-16-24(17-15-23)32(2)3)34-20-18-33(19-21-34)25-10-6-5-7-11-25/h5-17,27H,4,18-22H2,1-3H3,(H2,30,31,35)/t27-/m1/s1. The van der Waals surface area contributed by atoms with Crippen LogP contribution in [0.3, 0.4) is 0 Å². The average Bonchev–Trinajstić information content (AvgIpc) is 2.91. The number of hydrogen-bond acceptors (Lipinski definition) is 5. The topological polar surface area (TPSA) is 60.1 Å². The number of piperazine rings is 1. The zero-order valence-electron chi connectivity index (χ0n) is 21.5. The highest BCUT2D eigenvalue weighted by Crippen LogP contribution is 2.26. The van der Waals surface area contributed by atoms with E-state index in [1.165, 1.54) is 11.3 Å². The van der Waals surface area contributed by atoms with Crippen molar-refractivity contribution in [1.82, 2.24) is 10.2 Å². The van der Waals surface area contributed by atoms with Crippen molar-refractivity contribution < 1.29 is 9.53 Å². The Bertz CT molecular complexity index is 1100. The average molecular weight is 488 g/mol. The van der Waals surface area contributed by atoms with Crippen LogP contribution in [0.1, 0.15) is 18.5 Å². The normalized spacial score (nSPS) is 14.7. The van der Waals surface area contributed by atoms with Crippen LogP contribution in [-0.2, 0) is 0 Å². The molecule has 36 heavy (non-hydrogen) atoms. The maximum absolute atomic E-state index is 12.9. The Morgan fingerprint density at radius 1 is 0.917 bits per heavy atom. The predicted octanol–water partition coefficient (Wildman–Crippen LogP) is 4.84. The molecule has 190 valence electrons. The quantitative estimate of drug-likeness (QED) is 0.453. The van der Waals surface area contributed by atoms with Gasteiger partial charge in [0.1, 0.15) is 5.75 Å². The Morgan fingerprint density at radius 2 is 1.58 bits per heavy atom. The van der Waals surface area contributed by atoms with Gasteiger partial charge in [-0.05, 0) is 48.9 Å². The molecule has 1 aliphatic rings. The summed E-state index contributed by atoms with van der Waals surface area (Å²) in [5.41, 5.74) is 4.28. The van der Waals surface area contributed by atoms with Crippen molar-refractivity contribution in [3.63, 3.8) is 0 Å². The van der Waals surface area contributed by atoms with Gasteiger partial charge in [0.15, 0.2) is 0 Å². The molecule has 0 saturated carbocycles. The number of anilines is 3. The molecule has 0 spiro atoms. The number of carbonyl (C=O) groups excluding carboxylic acids is 1. The second-order valence-electron chi connectivity index (χ2n) is 9.12.